The van der Waals surface area contributed by atoms with Crippen LogP contribution in [-0.2, 0) is 0 Å². The maximum Gasteiger partial charge on any atom is 0.275 e. The Morgan fingerprint density at radius 1 is 1.24 bits per heavy atom. The Bertz CT molecular complexity index is 878. The van der Waals surface area contributed by atoms with E-state index in [0.29, 0.717) is 17.3 Å². The van der Waals surface area contributed by atoms with Crippen molar-refractivity contribution >= 4 is 23.3 Å². The highest BCUT2D eigenvalue weighted by Gasteiger charge is 2.19. The van der Waals surface area contributed by atoms with Crippen molar-refractivity contribution in [3.63, 3.8) is 0 Å². The first-order valence-electron chi connectivity index (χ1n) is 7.86. The fourth-order valence-electron chi connectivity index (χ4n) is 2.48. The molecule has 0 spiro atoms. The van der Waals surface area contributed by atoms with Gasteiger partial charge >= 0.3 is 0 Å². The van der Waals surface area contributed by atoms with Crippen LogP contribution in [0.1, 0.15) is 28.9 Å². The van der Waals surface area contributed by atoms with Crippen LogP contribution in [0, 0.1) is 0 Å². The maximum atomic E-state index is 12.4. The summed E-state index contributed by atoms with van der Waals surface area (Å²) in [7, 11) is 0. The molecule has 1 aromatic heterocycles. The minimum absolute atomic E-state index is 0.0974. The van der Waals surface area contributed by atoms with Gasteiger partial charge in [0.2, 0.25) is 0 Å². The van der Waals surface area contributed by atoms with E-state index in [-0.39, 0.29) is 23.3 Å². The number of aromatic nitrogens is 3. The van der Waals surface area contributed by atoms with Crippen molar-refractivity contribution in [3.8, 4) is 5.69 Å². The molecule has 2 aromatic carbocycles. The van der Waals surface area contributed by atoms with Gasteiger partial charge in [-0.2, -0.15) is 4.68 Å². The first kappa shape index (κ1) is 17.0. The molecule has 1 atom stereocenters. The van der Waals surface area contributed by atoms with Crippen LogP contribution in [0.2, 0.25) is 5.02 Å². The second-order valence-electron chi connectivity index (χ2n) is 5.74. The maximum absolute atomic E-state index is 12.4. The van der Waals surface area contributed by atoms with E-state index in [9.17, 15) is 4.79 Å². The normalized spacial score (nSPS) is 11.9. The average Bonchev–Trinajstić information content (AvgIpc) is 3.01. The fourth-order valence-corrected chi connectivity index (χ4v) is 2.66. The van der Waals surface area contributed by atoms with Gasteiger partial charge in [-0.25, -0.2) is 0 Å². The summed E-state index contributed by atoms with van der Waals surface area (Å²) in [5, 5.41) is 11.3. The van der Waals surface area contributed by atoms with Crippen molar-refractivity contribution in [2.45, 2.75) is 12.8 Å². The monoisotopic (exact) mass is 355 g/mol. The summed E-state index contributed by atoms with van der Waals surface area (Å²) in [5.74, 6) is -0.00459. The Hall–Kier alpha value is -2.86. The predicted octanol–water partition coefficient (Wildman–Crippen LogP) is 3.04. The zero-order valence-electron chi connectivity index (χ0n) is 13.7. The average molecular weight is 356 g/mol. The molecule has 1 heterocycles. The molecule has 128 valence electrons. The van der Waals surface area contributed by atoms with Crippen LogP contribution in [0.25, 0.3) is 5.69 Å². The fraction of sp³-hybridized carbons (Fsp3) is 0.167. The van der Waals surface area contributed by atoms with E-state index in [2.05, 4.69) is 15.6 Å². The number of rotatable bonds is 5. The highest BCUT2D eigenvalue weighted by molar-refractivity contribution is 6.30. The zero-order chi connectivity index (χ0) is 17.8. The first-order chi connectivity index (χ1) is 12.1. The van der Waals surface area contributed by atoms with E-state index in [1.807, 2.05) is 37.3 Å². The van der Waals surface area contributed by atoms with Gasteiger partial charge in [0.1, 0.15) is 0 Å². The van der Waals surface area contributed by atoms with Gasteiger partial charge in [-0.3, -0.25) is 4.79 Å². The highest BCUT2D eigenvalue weighted by Crippen LogP contribution is 2.19. The zero-order valence-corrected chi connectivity index (χ0v) is 14.4. The van der Waals surface area contributed by atoms with Crippen LogP contribution < -0.4 is 11.1 Å². The van der Waals surface area contributed by atoms with Crippen molar-refractivity contribution in [3.05, 3.63) is 70.9 Å². The molecule has 1 unspecified atom stereocenters. The number of halogens is 1. The van der Waals surface area contributed by atoms with E-state index in [0.717, 1.165) is 5.56 Å². The molecule has 0 aliphatic rings. The number of benzene rings is 2. The van der Waals surface area contributed by atoms with Gasteiger partial charge in [-0.15, -0.1) is 5.10 Å². The van der Waals surface area contributed by atoms with Gasteiger partial charge in [-0.1, -0.05) is 60.1 Å². The quantitative estimate of drug-likeness (QED) is 0.736. The summed E-state index contributed by atoms with van der Waals surface area (Å²) < 4.78 is 1.39. The number of hydrogen-bond donors (Lipinski definition) is 2. The summed E-state index contributed by atoms with van der Waals surface area (Å²) >= 11 is 5.98. The molecule has 0 fully saturated rings. The number of carbonyl (C=O) groups excluding carboxylic acids is 1. The van der Waals surface area contributed by atoms with Gasteiger partial charge in [0, 0.05) is 11.6 Å². The number of nitrogen functional groups attached to an aromatic ring is 1. The van der Waals surface area contributed by atoms with Gasteiger partial charge in [0.15, 0.2) is 11.5 Å². The van der Waals surface area contributed by atoms with Crippen LogP contribution >= 0.6 is 11.6 Å². The van der Waals surface area contributed by atoms with Crippen LogP contribution in [0.5, 0.6) is 0 Å². The first-order valence-corrected chi connectivity index (χ1v) is 8.24. The van der Waals surface area contributed by atoms with E-state index in [1.165, 1.54) is 4.68 Å². The molecule has 0 bridgehead atoms. The molecule has 0 radical (unpaired) electrons. The Morgan fingerprint density at radius 3 is 2.72 bits per heavy atom. The summed E-state index contributed by atoms with van der Waals surface area (Å²) in [6.45, 7) is 2.52. The smallest absolute Gasteiger partial charge is 0.275 e. The number of nitrogens with two attached hydrogens (primary N) is 1. The van der Waals surface area contributed by atoms with Crippen molar-refractivity contribution in [1.82, 2.24) is 20.3 Å². The van der Waals surface area contributed by atoms with Gasteiger partial charge in [-0.05, 0) is 29.7 Å². The lowest BCUT2D eigenvalue weighted by Gasteiger charge is -2.12. The largest absolute Gasteiger partial charge is 0.382 e. The molecule has 3 rings (SSSR count). The molecule has 3 aromatic rings. The number of amides is 1. The molecular weight excluding hydrogens is 338 g/mol. The molecule has 7 heteroatoms. The van der Waals surface area contributed by atoms with Crippen LogP contribution in [0.4, 0.5) is 5.82 Å². The van der Waals surface area contributed by atoms with Crippen molar-refractivity contribution in [1.29, 1.82) is 0 Å². The number of hydrogen-bond acceptors (Lipinski definition) is 4. The molecule has 0 aliphatic heterocycles. The highest BCUT2D eigenvalue weighted by atomic mass is 35.5. The lowest BCUT2D eigenvalue weighted by atomic mass is 10.0. The molecule has 6 nitrogen and oxygen atoms in total. The van der Waals surface area contributed by atoms with E-state index >= 15 is 0 Å². The minimum Gasteiger partial charge on any atom is -0.382 e. The van der Waals surface area contributed by atoms with Gasteiger partial charge < -0.3 is 11.1 Å². The van der Waals surface area contributed by atoms with Crippen molar-refractivity contribution in [2.75, 3.05) is 12.3 Å². The third-order valence-electron chi connectivity index (χ3n) is 3.91. The Balaban J connectivity index is 1.71. The molecule has 25 heavy (non-hydrogen) atoms. The predicted molar refractivity (Wildman–Crippen MR) is 98.0 cm³/mol. The van der Waals surface area contributed by atoms with Gasteiger partial charge in [0.25, 0.3) is 5.91 Å². The van der Waals surface area contributed by atoms with E-state index in [4.69, 9.17) is 17.3 Å². The Labute approximate surface area is 150 Å². The van der Waals surface area contributed by atoms with Gasteiger partial charge in [0.05, 0.1) is 5.69 Å². The molecule has 0 saturated carbocycles. The summed E-state index contributed by atoms with van der Waals surface area (Å²) in [5.41, 5.74) is 7.93. The van der Waals surface area contributed by atoms with Crippen LogP contribution in [0.3, 0.4) is 0 Å². The van der Waals surface area contributed by atoms with Crippen molar-refractivity contribution in [2.24, 2.45) is 0 Å². The molecule has 0 aliphatic carbocycles. The molecular formula is C18H18ClN5O. The summed E-state index contributed by atoms with van der Waals surface area (Å²) in [6.07, 6.45) is 0. The number of nitrogens with zero attached hydrogens (tertiary/aromatic N) is 3. The standard InChI is InChI=1S/C18H18ClN5O/c1-12(13-6-3-2-4-7-13)11-21-18(25)16-17(20)24(23-22-16)15-9-5-8-14(19)10-15/h2-10,12H,11,20H2,1H3,(H,21,25). The minimum atomic E-state index is -0.353. The third kappa shape index (κ3) is 3.80. The van der Waals surface area contributed by atoms with Crippen LogP contribution in [0.15, 0.2) is 54.6 Å². The lowest BCUT2D eigenvalue weighted by Crippen LogP contribution is -2.28. The van der Waals surface area contributed by atoms with Crippen LogP contribution in [-0.4, -0.2) is 27.4 Å². The van der Waals surface area contributed by atoms with E-state index in [1.54, 1.807) is 24.3 Å². The number of carbonyl (C=O) groups is 1. The molecule has 0 saturated heterocycles. The second-order valence-corrected chi connectivity index (χ2v) is 6.17. The SMILES string of the molecule is CC(CNC(=O)c1nnn(-c2cccc(Cl)c2)c1N)c1ccccc1. The third-order valence-corrected chi connectivity index (χ3v) is 4.15. The summed E-state index contributed by atoms with van der Waals surface area (Å²) in [4.78, 5) is 12.4. The Kier molecular flexibility index (Phi) is 5.00. The number of nitrogens with one attached hydrogen (secondary N) is 1. The summed E-state index contributed by atoms with van der Waals surface area (Å²) in [6, 6.07) is 17.0. The van der Waals surface area contributed by atoms with E-state index < -0.39 is 0 Å². The topological polar surface area (TPSA) is 85.8 Å². The number of anilines is 1. The van der Waals surface area contributed by atoms with Crippen molar-refractivity contribution < 1.29 is 4.79 Å². The molecule has 1 amide bonds. The molecule has 3 N–H and O–H groups in total. The Morgan fingerprint density at radius 2 is 2.00 bits per heavy atom. The lowest BCUT2D eigenvalue weighted by molar-refractivity contribution is 0.0947. The second kappa shape index (κ2) is 7.36.